The van der Waals surface area contributed by atoms with Crippen LogP contribution in [0.3, 0.4) is 0 Å². The molecule has 0 aromatic rings. The maximum atomic E-state index is 10.6. The Labute approximate surface area is 78.7 Å². The van der Waals surface area contributed by atoms with Crippen molar-refractivity contribution in [3.63, 3.8) is 0 Å². The van der Waals surface area contributed by atoms with E-state index in [9.17, 15) is 4.79 Å². The van der Waals surface area contributed by atoms with Crippen molar-refractivity contribution in [2.24, 2.45) is 5.92 Å². The Morgan fingerprint density at radius 3 is 2.62 bits per heavy atom. The van der Waals surface area contributed by atoms with Crippen LogP contribution in [0.1, 0.15) is 19.8 Å². The van der Waals surface area contributed by atoms with E-state index in [2.05, 4.69) is 16.7 Å². The summed E-state index contributed by atoms with van der Waals surface area (Å²) in [5.74, 6) is 5.05. The highest BCUT2D eigenvalue weighted by Gasteiger charge is 2.23. The lowest BCUT2D eigenvalue weighted by Gasteiger charge is -2.28. The predicted molar refractivity (Wildman–Crippen MR) is 50.2 cm³/mol. The van der Waals surface area contributed by atoms with Gasteiger partial charge >= 0.3 is 5.97 Å². The lowest BCUT2D eigenvalue weighted by molar-refractivity contribution is -0.143. The van der Waals surface area contributed by atoms with Crippen molar-refractivity contribution in [2.75, 3.05) is 19.6 Å². The van der Waals surface area contributed by atoms with Crippen LogP contribution in [0.5, 0.6) is 0 Å². The molecule has 1 N–H and O–H groups in total. The molecule has 72 valence electrons. The van der Waals surface area contributed by atoms with Gasteiger partial charge in [-0.3, -0.25) is 9.69 Å². The minimum absolute atomic E-state index is 0.133. The van der Waals surface area contributed by atoms with E-state index in [0.717, 1.165) is 32.5 Å². The van der Waals surface area contributed by atoms with Gasteiger partial charge in [0.2, 0.25) is 0 Å². The highest BCUT2D eigenvalue weighted by atomic mass is 16.4. The largest absolute Gasteiger partial charge is 0.481 e. The van der Waals surface area contributed by atoms with E-state index in [1.807, 2.05) is 6.92 Å². The minimum Gasteiger partial charge on any atom is -0.481 e. The molecule has 13 heavy (non-hydrogen) atoms. The first-order chi connectivity index (χ1) is 6.24. The van der Waals surface area contributed by atoms with Crippen LogP contribution in [-0.4, -0.2) is 35.6 Å². The summed E-state index contributed by atoms with van der Waals surface area (Å²) < 4.78 is 0. The summed E-state index contributed by atoms with van der Waals surface area (Å²) >= 11 is 0. The summed E-state index contributed by atoms with van der Waals surface area (Å²) in [7, 11) is 0. The summed E-state index contributed by atoms with van der Waals surface area (Å²) in [6.45, 7) is 4.34. The van der Waals surface area contributed by atoms with Crippen molar-refractivity contribution in [2.45, 2.75) is 19.8 Å². The SMILES string of the molecule is CC#CCN1CCC(C(=O)O)CC1. The Kier molecular flexibility index (Phi) is 3.78. The van der Waals surface area contributed by atoms with Gasteiger partial charge in [-0.05, 0) is 32.9 Å². The third kappa shape index (κ3) is 3.08. The van der Waals surface area contributed by atoms with Crippen molar-refractivity contribution < 1.29 is 9.90 Å². The Bertz CT molecular complexity index is 231. The van der Waals surface area contributed by atoms with Gasteiger partial charge in [-0.25, -0.2) is 0 Å². The van der Waals surface area contributed by atoms with Gasteiger partial charge in [0.05, 0.1) is 12.5 Å². The molecule has 0 unspecified atom stereocenters. The maximum absolute atomic E-state index is 10.6. The number of carboxylic acids is 1. The number of aliphatic carboxylic acids is 1. The van der Waals surface area contributed by atoms with Gasteiger partial charge < -0.3 is 5.11 Å². The van der Waals surface area contributed by atoms with Gasteiger partial charge in [0.1, 0.15) is 0 Å². The summed E-state index contributed by atoms with van der Waals surface area (Å²) in [6.07, 6.45) is 1.53. The Morgan fingerprint density at radius 1 is 1.54 bits per heavy atom. The molecule has 0 spiro atoms. The minimum atomic E-state index is -0.652. The fraction of sp³-hybridized carbons (Fsp3) is 0.700. The number of piperidine rings is 1. The van der Waals surface area contributed by atoms with Crippen molar-refractivity contribution >= 4 is 5.97 Å². The second-order valence-corrected chi connectivity index (χ2v) is 3.32. The van der Waals surface area contributed by atoms with Crippen LogP contribution < -0.4 is 0 Å². The van der Waals surface area contributed by atoms with Crippen LogP contribution in [0.25, 0.3) is 0 Å². The first kappa shape index (κ1) is 10.1. The Hall–Kier alpha value is -1.01. The Morgan fingerprint density at radius 2 is 2.15 bits per heavy atom. The van der Waals surface area contributed by atoms with Crippen LogP contribution in [-0.2, 0) is 4.79 Å². The summed E-state index contributed by atoms with van der Waals surface area (Å²) in [5, 5.41) is 8.75. The monoisotopic (exact) mass is 181 g/mol. The molecular formula is C10H15NO2. The summed E-state index contributed by atoms with van der Waals surface area (Å²) in [6, 6.07) is 0. The van der Waals surface area contributed by atoms with Gasteiger partial charge in [0, 0.05) is 0 Å². The lowest BCUT2D eigenvalue weighted by Crippen LogP contribution is -2.36. The van der Waals surface area contributed by atoms with E-state index >= 15 is 0 Å². The van der Waals surface area contributed by atoms with Crippen molar-refractivity contribution in [1.29, 1.82) is 0 Å². The molecule has 0 aromatic heterocycles. The third-order valence-electron chi connectivity index (χ3n) is 2.42. The molecule has 1 saturated heterocycles. The van der Waals surface area contributed by atoms with E-state index in [1.165, 1.54) is 0 Å². The number of rotatable bonds is 2. The normalized spacial score (nSPS) is 19.2. The average molecular weight is 181 g/mol. The van der Waals surface area contributed by atoms with Crippen LogP contribution in [0.4, 0.5) is 0 Å². The maximum Gasteiger partial charge on any atom is 0.306 e. The lowest BCUT2D eigenvalue weighted by atomic mass is 9.97. The van der Waals surface area contributed by atoms with Gasteiger partial charge in [0.15, 0.2) is 0 Å². The van der Waals surface area contributed by atoms with E-state index < -0.39 is 5.97 Å². The molecule has 3 nitrogen and oxygen atoms in total. The highest BCUT2D eigenvalue weighted by molar-refractivity contribution is 5.70. The molecule has 0 bridgehead atoms. The zero-order chi connectivity index (χ0) is 9.68. The molecule has 0 aliphatic carbocycles. The first-order valence-electron chi connectivity index (χ1n) is 4.59. The molecule has 0 amide bonds. The zero-order valence-corrected chi connectivity index (χ0v) is 7.92. The molecule has 1 fully saturated rings. The average Bonchev–Trinajstić information content (AvgIpc) is 2.15. The van der Waals surface area contributed by atoms with Gasteiger partial charge in [0.25, 0.3) is 0 Å². The highest BCUT2D eigenvalue weighted by Crippen LogP contribution is 2.16. The number of likely N-dealkylation sites (tertiary alicyclic amines) is 1. The zero-order valence-electron chi connectivity index (χ0n) is 7.92. The molecule has 0 saturated carbocycles. The summed E-state index contributed by atoms with van der Waals surface area (Å²) in [4.78, 5) is 12.8. The predicted octanol–water partition coefficient (Wildman–Crippen LogP) is 0.806. The smallest absolute Gasteiger partial charge is 0.306 e. The second kappa shape index (κ2) is 4.88. The third-order valence-corrected chi connectivity index (χ3v) is 2.42. The number of hydrogen-bond donors (Lipinski definition) is 1. The Balaban J connectivity index is 2.29. The van der Waals surface area contributed by atoms with E-state index in [4.69, 9.17) is 5.11 Å². The molecular weight excluding hydrogens is 166 g/mol. The van der Waals surface area contributed by atoms with Crippen molar-refractivity contribution in [1.82, 2.24) is 4.90 Å². The first-order valence-corrected chi connectivity index (χ1v) is 4.59. The van der Waals surface area contributed by atoms with Crippen molar-refractivity contribution in [3.8, 4) is 11.8 Å². The fourth-order valence-electron chi connectivity index (χ4n) is 1.53. The van der Waals surface area contributed by atoms with Gasteiger partial charge in [-0.15, -0.1) is 5.92 Å². The standard InChI is InChI=1S/C10H15NO2/c1-2-3-6-11-7-4-9(5-8-11)10(12)13/h9H,4-8H2,1H3,(H,12,13). The fourth-order valence-corrected chi connectivity index (χ4v) is 1.53. The molecule has 1 heterocycles. The molecule has 3 heteroatoms. The summed E-state index contributed by atoms with van der Waals surface area (Å²) in [5.41, 5.74) is 0. The molecule has 1 aliphatic rings. The van der Waals surface area contributed by atoms with E-state index in [-0.39, 0.29) is 5.92 Å². The van der Waals surface area contributed by atoms with Crippen LogP contribution in [0.15, 0.2) is 0 Å². The van der Waals surface area contributed by atoms with Crippen LogP contribution in [0, 0.1) is 17.8 Å². The number of carboxylic acid groups (broad SMARTS) is 1. The molecule has 1 rings (SSSR count). The van der Waals surface area contributed by atoms with Crippen molar-refractivity contribution in [3.05, 3.63) is 0 Å². The van der Waals surface area contributed by atoms with Crippen LogP contribution >= 0.6 is 0 Å². The molecule has 0 radical (unpaired) electrons. The number of hydrogen-bond acceptors (Lipinski definition) is 2. The number of carbonyl (C=O) groups is 1. The molecule has 1 aliphatic heterocycles. The van der Waals surface area contributed by atoms with Gasteiger partial charge in [-0.1, -0.05) is 5.92 Å². The van der Waals surface area contributed by atoms with Crippen LogP contribution in [0.2, 0.25) is 0 Å². The van der Waals surface area contributed by atoms with Gasteiger partial charge in [-0.2, -0.15) is 0 Å². The molecule has 0 aromatic carbocycles. The van der Waals surface area contributed by atoms with E-state index in [0.29, 0.717) is 0 Å². The molecule has 0 atom stereocenters. The van der Waals surface area contributed by atoms with E-state index in [1.54, 1.807) is 0 Å². The quantitative estimate of drug-likeness (QED) is 0.641. The second-order valence-electron chi connectivity index (χ2n) is 3.32. The topological polar surface area (TPSA) is 40.5 Å². The number of nitrogens with zero attached hydrogens (tertiary/aromatic N) is 1.